The first-order valence-corrected chi connectivity index (χ1v) is 9.51. The molecule has 1 atom stereocenters. The van der Waals surface area contributed by atoms with Crippen molar-refractivity contribution in [3.8, 4) is 11.5 Å². The third-order valence-corrected chi connectivity index (χ3v) is 4.59. The topological polar surface area (TPSA) is 42.5 Å². The zero-order valence-corrected chi connectivity index (χ0v) is 15.9. The lowest BCUT2D eigenvalue weighted by atomic mass is 9.96. The second-order valence-corrected chi connectivity index (χ2v) is 6.65. The molecule has 2 rings (SSSR count). The van der Waals surface area contributed by atoms with Crippen LogP contribution in [0.2, 0.25) is 0 Å². The Morgan fingerprint density at radius 2 is 1.79 bits per heavy atom. The highest BCUT2D eigenvalue weighted by molar-refractivity contribution is 7.80. The summed E-state index contributed by atoms with van der Waals surface area (Å²) < 4.78 is 11.3. The lowest BCUT2D eigenvalue weighted by Gasteiger charge is -2.26. The molecule has 0 radical (unpaired) electrons. The zero-order valence-electron chi connectivity index (χ0n) is 15.1. The molecule has 0 bridgehead atoms. The van der Waals surface area contributed by atoms with Crippen molar-refractivity contribution in [2.75, 3.05) is 13.2 Å². The molecule has 0 saturated heterocycles. The Kier molecular flexibility index (Phi) is 7.63. The van der Waals surface area contributed by atoms with Gasteiger partial charge in [0.2, 0.25) is 0 Å². The van der Waals surface area contributed by atoms with Crippen LogP contribution in [0.1, 0.15) is 64.5 Å². The minimum Gasteiger partial charge on any atom is -0.490 e. The summed E-state index contributed by atoms with van der Waals surface area (Å²) in [7, 11) is 0. The highest BCUT2D eigenvalue weighted by Crippen LogP contribution is 2.30. The van der Waals surface area contributed by atoms with E-state index in [1.807, 2.05) is 26.0 Å². The van der Waals surface area contributed by atoms with Gasteiger partial charge in [-0.05, 0) is 63.5 Å². The van der Waals surface area contributed by atoms with E-state index in [0.717, 1.165) is 22.2 Å². The van der Waals surface area contributed by atoms with E-state index in [1.54, 1.807) is 0 Å². The Morgan fingerprint density at radius 1 is 1.12 bits per heavy atom. The maximum absolute atomic E-state index is 5.71. The predicted octanol–water partition coefficient (Wildman–Crippen LogP) is 4.34. The van der Waals surface area contributed by atoms with Gasteiger partial charge >= 0.3 is 0 Å². The van der Waals surface area contributed by atoms with Crippen molar-refractivity contribution in [1.29, 1.82) is 0 Å². The summed E-state index contributed by atoms with van der Waals surface area (Å²) in [6, 6.07) is 6.71. The maximum Gasteiger partial charge on any atom is 0.166 e. The molecular weight excluding hydrogens is 320 g/mol. The van der Waals surface area contributed by atoms with E-state index < -0.39 is 0 Å². The molecule has 1 aliphatic rings. The van der Waals surface area contributed by atoms with Crippen LogP contribution in [0.5, 0.6) is 11.5 Å². The summed E-state index contributed by atoms with van der Waals surface area (Å²) in [4.78, 5) is 0. The van der Waals surface area contributed by atoms with Crippen molar-refractivity contribution in [2.24, 2.45) is 0 Å². The monoisotopic (exact) mass is 350 g/mol. The van der Waals surface area contributed by atoms with Crippen LogP contribution in [0.3, 0.4) is 0 Å². The fraction of sp³-hybridized carbons (Fsp3) is 0.632. The van der Waals surface area contributed by atoms with E-state index in [2.05, 4.69) is 23.6 Å². The molecule has 0 aliphatic heterocycles. The third kappa shape index (κ3) is 5.55. The minimum atomic E-state index is 0.114. The van der Waals surface area contributed by atoms with Crippen molar-refractivity contribution in [2.45, 2.75) is 65.0 Å². The highest BCUT2D eigenvalue weighted by Gasteiger charge is 2.16. The molecule has 0 heterocycles. The van der Waals surface area contributed by atoms with Crippen molar-refractivity contribution < 1.29 is 9.47 Å². The molecule has 4 nitrogen and oxygen atoms in total. The van der Waals surface area contributed by atoms with Gasteiger partial charge in [-0.2, -0.15) is 0 Å². The van der Waals surface area contributed by atoms with Crippen LogP contribution < -0.4 is 20.1 Å². The van der Waals surface area contributed by atoms with Crippen LogP contribution in [-0.4, -0.2) is 24.4 Å². The van der Waals surface area contributed by atoms with Crippen molar-refractivity contribution >= 4 is 17.3 Å². The largest absolute Gasteiger partial charge is 0.490 e. The number of ether oxygens (including phenoxy) is 2. The second-order valence-electron chi connectivity index (χ2n) is 6.25. The number of thiocarbonyl (C=S) groups is 1. The van der Waals surface area contributed by atoms with E-state index >= 15 is 0 Å². The number of hydrogen-bond donors (Lipinski definition) is 2. The first kappa shape index (κ1) is 18.8. The van der Waals surface area contributed by atoms with Crippen LogP contribution in [0, 0.1) is 0 Å². The molecule has 5 heteroatoms. The highest BCUT2D eigenvalue weighted by atomic mass is 32.1. The van der Waals surface area contributed by atoms with Gasteiger partial charge in [0.25, 0.3) is 0 Å². The molecular formula is C19H30N2O2S. The summed E-state index contributed by atoms with van der Waals surface area (Å²) in [5, 5.41) is 7.58. The van der Waals surface area contributed by atoms with Gasteiger partial charge in [-0.1, -0.05) is 25.3 Å². The van der Waals surface area contributed by atoms with Gasteiger partial charge in [0.1, 0.15) is 0 Å². The van der Waals surface area contributed by atoms with Gasteiger partial charge in [0, 0.05) is 6.04 Å². The summed E-state index contributed by atoms with van der Waals surface area (Å²) >= 11 is 5.48. The Labute approximate surface area is 151 Å². The molecule has 0 unspecified atom stereocenters. The van der Waals surface area contributed by atoms with E-state index in [1.165, 1.54) is 32.1 Å². The average Bonchev–Trinajstić information content (AvgIpc) is 2.57. The Morgan fingerprint density at radius 3 is 2.46 bits per heavy atom. The molecule has 134 valence electrons. The molecule has 24 heavy (non-hydrogen) atoms. The predicted molar refractivity (Wildman–Crippen MR) is 103 cm³/mol. The van der Waals surface area contributed by atoms with E-state index in [9.17, 15) is 0 Å². The van der Waals surface area contributed by atoms with Crippen LogP contribution >= 0.6 is 12.2 Å². The molecule has 0 aromatic heterocycles. The Bertz CT molecular complexity index is 530. The molecule has 1 fully saturated rings. The quantitative estimate of drug-likeness (QED) is 0.716. The standard InChI is InChI=1S/C19H30N2O2S/c1-4-22-17-12-11-15(13-18(17)23-5-2)14(3)20-19(24)21-16-9-7-6-8-10-16/h11-14,16H,4-10H2,1-3H3,(H2,20,21,24)/t14-/m0/s1. The number of benzene rings is 1. The molecule has 1 aromatic rings. The SMILES string of the molecule is CCOc1ccc([C@H](C)NC(=S)NC2CCCCC2)cc1OCC. The maximum atomic E-state index is 5.71. The summed E-state index contributed by atoms with van der Waals surface area (Å²) in [6.45, 7) is 7.31. The first-order chi connectivity index (χ1) is 11.6. The average molecular weight is 351 g/mol. The van der Waals surface area contributed by atoms with Crippen molar-refractivity contribution in [1.82, 2.24) is 10.6 Å². The molecule has 0 spiro atoms. The minimum absolute atomic E-state index is 0.114. The van der Waals surface area contributed by atoms with Gasteiger partial charge < -0.3 is 20.1 Å². The third-order valence-electron chi connectivity index (χ3n) is 4.36. The normalized spacial score (nSPS) is 16.3. The van der Waals surface area contributed by atoms with E-state index in [0.29, 0.717) is 19.3 Å². The summed E-state index contributed by atoms with van der Waals surface area (Å²) in [6.07, 6.45) is 6.38. The Hall–Kier alpha value is -1.49. The van der Waals surface area contributed by atoms with E-state index in [4.69, 9.17) is 21.7 Å². The lowest BCUT2D eigenvalue weighted by Crippen LogP contribution is -2.43. The molecule has 1 aromatic carbocycles. The smallest absolute Gasteiger partial charge is 0.166 e. The van der Waals surface area contributed by atoms with Gasteiger partial charge in [-0.3, -0.25) is 0 Å². The summed E-state index contributed by atoms with van der Waals surface area (Å²) in [5.74, 6) is 1.58. The molecule has 0 amide bonds. The lowest BCUT2D eigenvalue weighted by molar-refractivity contribution is 0.287. The number of rotatable bonds is 7. The van der Waals surface area contributed by atoms with Crippen LogP contribution in [0.4, 0.5) is 0 Å². The van der Waals surface area contributed by atoms with Crippen molar-refractivity contribution in [3.63, 3.8) is 0 Å². The molecule has 2 N–H and O–H groups in total. The van der Waals surface area contributed by atoms with Gasteiger partial charge in [0.05, 0.1) is 19.3 Å². The number of nitrogens with one attached hydrogen (secondary N) is 2. The molecule has 1 saturated carbocycles. The van der Waals surface area contributed by atoms with Crippen molar-refractivity contribution in [3.05, 3.63) is 23.8 Å². The van der Waals surface area contributed by atoms with E-state index in [-0.39, 0.29) is 6.04 Å². The zero-order chi connectivity index (χ0) is 17.4. The fourth-order valence-corrected chi connectivity index (χ4v) is 3.43. The summed E-state index contributed by atoms with van der Waals surface area (Å²) in [5.41, 5.74) is 1.13. The fourth-order valence-electron chi connectivity index (χ4n) is 3.09. The Balaban J connectivity index is 1.96. The first-order valence-electron chi connectivity index (χ1n) is 9.10. The molecule has 1 aliphatic carbocycles. The number of hydrogen-bond acceptors (Lipinski definition) is 3. The van der Waals surface area contributed by atoms with Crippen LogP contribution in [-0.2, 0) is 0 Å². The second kappa shape index (κ2) is 9.72. The van der Waals surface area contributed by atoms with Gasteiger partial charge in [-0.15, -0.1) is 0 Å². The van der Waals surface area contributed by atoms with Gasteiger partial charge in [-0.25, -0.2) is 0 Å². The van der Waals surface area contributed by atoms with Gasteiger partial charge in [0.15, 0.2) is 16.6 Å². The van der Waals surface area contributed by atoms with Crippen LogP contribution in [0.15, 0.2) is 18.2 Å². The van der Waals surface area contributed by atoms with Crippen LogP contribution in [0.25, 0.3) is 0 Å².